The van der Waals surface area contributed by atoms with E-state index in [0.717, 1.165) is 37.4 Å². The fourth-order valence-corrected chi connectivity index (χ4v) is 7.74. The molecule has 0 saturated carbocycles. The summed E-state index contributed by atoms with van der Waals surface area (Å²) in [4.78, 5) is 0. The summed E-state index contributed by atoms with van der Waals surface area (Å²) in [7, 11) is -1.75. The zero-order valence-corrected chi connectivity index (χ0v) is 24.9. The highest BCUT2D eigenvalue weighted by atomic mass is 32.2. The van der Waals surface area contributed by atoms with Crippen LogP contribution < -0.4 is 0 Å². The molecule has 1 aliphatic rings. The summed E-state index contributed by atoms with van der Waals surface area (Å²) < 4.78 is 20.4. The normalized spacial score (nSPS) is 24.4. The lowest BCUT2D eigenvalue weighted by Crippen LogP contribution is -2.46. The van der Waals surface area contributed by atoms with Crippen LogP contribution in [0.5, 0.6) is 0 Å². The fraction of sp³-hybridized carbons (Fsp3) is 0.778. The van der Waals surface area contributed by atoms with Gasteiger partial charge in [0.15, 0.2) is 8.32 Å². The summed E-state index contributed by atoms with van der Waals surface area (Å²) in [5.74, 6) is 2.67. The summed E-state index contributed by atoms with van der Waals surface area (Å²) in [5.41, 5.74) is 1.24. The van der Waals surface area contributed by atoms with Crippen LogP contribution in [0.2, 0.25) is 18.1 Å². The van der Waals surface area contributed by atoms with E-state index in [1.807, 2.05) is 0 Å². The zero-order valence-electron chi connectivity index (χ0n) is 22.3. The summed E-state index contributed by atoms with van der Waals surface area (Å²) in [6.07, 6.45) is 3.69. The van der Waals surface area contributed by atoms with E-state index in [9.17, 15) is 0 Å². The smallest absolute Gasteiger partial charge is 0.191 e. The molecule has 1 aromatic carbocycles. The van der Waals surface area contributed by atoms with Crippen LogP contribution in [-0.2, 0) is 20.5 Å². The molecule has 1 aromatic rings. The highest BCUT2D eigenvalue weighted by Crippen LogP contribution is 2.38. The Labute approximate surface area is 213 Å². The van der Waals surface area contributed by atoms with Crippen molar-refractivity contribution < 1.29 is 13.9 Å². The van der Waals surface area contributed by atoms with E-state index in [1.54, 1.807) is 0 Å². The van der Waals surface area contributed by atoms with E-state index < -0.39 is 8.32 Å². The number of ether oxygens (including phenoxy) is 2. The molecule has 0 N–H and O–H groups in total. The van der Waals surface area contributed by atoms with Crippen molar-refractivity contribution in [1.82, 2.24) is 0 Å². The first-order valence-corrected chi connectivity index (χ1v) is 17.8. The van der Waals surface area contributed by atoms with Crippen molar-refractivity contribution in [3.63, 3.8) is 0 Å². The Balaban J connectivity index is 2.04. The first-order valence-electron chi connectivity index (χ1n) is 12.8. The lowest BCUT2D eigenvalue weighted by Gasteiger charge is -2.42. The Morgan fingerprint density at radius 1 is 1.09 bits per heavy atom. The second-order valence-corrected chi connectivity index (χ2v) is 18.8. The van der Waals surface area contributed by atoms with Gasteiger partial charge in [-0.3, -0.25) is 0 Å². The number of hydrogen-bond acceptors (Lipinski definition) is 5. The molecule has 0 radical (unpaired) electrons. The maximum absolute atomic E-state index is 6.73. The Morgan fingerprint density at radius 2 is 1.73 bits per heavy atom. The van der Waals surface area contributed by atoms with Crippen molar-refractivity contribution in [2.75, 3.05) is 18.1 Å². The molecule has 2 rings (SSSR count). The highest BCUT2D eigenvalue weighted by molar-refractivity contribution is 8.16. The molecule has 4 atom stereocenters. The van der Waals surface area contributed by atoms with Gasteiger partial charge in [-0.05, 0) is 48.0 Å². The maximum Gasteiger partial charge on any atom is 0.191 e. The van der Waals surface area contributed by atoms with E-state index in [-0.39, 0.29) is 23.4 Å². The van der Waals surface area contributed by atoms with Crippen molar-refractivity contribution in [2.45, 2.75) is 108 Å². The number of rotatable bonds is 13. The minimum Gasteiger partial charge on any atom is -0.417 e. The van der Waals surface area contributed by atoms with Gasteiger partial charge >= 0.3 is 0 Å². The van der Waals surface area contributed by atoms with E-state index in [1.165, 1.54) is 5.56 Å². The van der Waals surface area contributed by atoms with E-state index in [2.05, 4.69) is 108 Å². The van der Waals surface area contributed by atoms with Gasteiger partial charge in [-0.15, -0.1) is 23.5 Å². The molecule has 0 spiro atoms. The summed E-state index contributed by atoms with van der Waals surface area (Å²) in [6, 6.07) is 10.5. The van der Waals surface area contributed by atoms with Crippen LogP contribution in [0.25, 0.3) is 0 Å². The van der Waals surface area contributed by atoms with Gasteiger partial charge in [0.2, 0.25) is 0 Å². The Hall–Kier alpha value is 0.0169. The van der Waals surface area contributed by atoms with Gasteiger partial charge in [0.1, 0.15) is 0 Å². The predicted molar refractivity (Wildman–Crippen MR) is 150 cm³/mol. The lowest BCUT2D eigenvalue weighted by atomic mass is 9.88. The van der Waals surface area contributed by atoms with Crippen molar-refractivity contribution in [2.24, 2.45) is 5.92 Å². The molecule has 1 heterocycles. The molecule has 3 nitrogen and oxygen atoms in total. The van der Waals surface area contributed by atoms with Crippen molar-refractivity contribution >= 4 is 31.8 Å². The molecular weight excluding hydrogens is 465 g/mol. The molecule has 1 aliphatic heterocycles. The Bertz CT molecular complexity index is 659. The molecular formula is C27H48O3S2Si. The fourth-order valence-electron chi connectivity index (χ4n) is 4.04. The molecule has 6 heteroatoms. The molecule has 0 aliphatic carbocycles. The number of benzene rings is 1. The van der Waals surface area contributed by atoms with Crippen LogP contribution in [0.4, 0.5) is 0 Å². The van der Waals surface area contributed by atoms with Crippen LogP contribution in [0.1, 0.15) is 66.4 Å². The first kappa shape index (κ1) is 29.2. The van der Waals surface area contributed by atoms with E-state index in [4.69, 9.17) is 13.9 Å². The van der Waals surface area contributed by atoms with Crippen LogP contribution >= 0.6 is 23.5 Å². The summed E-state index contributed by atoms with van der Waals surface area (Å²) in [6.45, 7) is 19.9. The van der Waals surface area contributed by atoms with Gasteiger partial charge < -0.3 is 13.9 Å². The van der Waals surface area contributed by atoms with Crippen molar-refractivity contribution in [3.8, 4) is 0 Å². The van der Waals surface area contributed by atoms with Crippen molar-refractivity contribution in [3.05, 3.63) is 35.9 Å². The van der Waals surface area contributed by atoms with Crippen molar-refractivity contribution in [1.29, 1.82) is 0 Å². The molecule has 1 saturated heterocycles. The van der Waals surface area contributed by atoms with Gasteiger partial charge in [0.05, 0.1) is 29.5 Å². The van der Waals surface area contributed by atoms with Gasteiger partial charge in [-0.25, -0.2) is 0 Å². The minimum absolute atomic E-state index is 0.188. The van der Waals surface area contributed by atoms with Gasteiger partial charge in [-0.2, -0.15) is 0 Å². The first-order chi connectivity index (χ1) is 15.6. The quantitative estimate of drug-likeness (QED) is 0.197. The van der Waals surface area contributed by atoms with Gasteiger partial charge in [0.25, 0.3) is 0 Å². The Morgan fingerprint density at radius 3 is 2.30 bits per heavy atom. The van der Waals surface area contributed by atoms with Crippen LogP contribution in [0, 0.1) is 5.92 Å². The monoisotopic (exact) mass is 512 g/mol. The molecule has 0 aromatic heterocycles. The SMILES string of the molecule is CCSC(C[C@@H]1C[C@H](OCc2ccccc2)[C@@H](C)[C@H](CCO[Si](C)(C)C(C)(C)C)O1)SCC. The average Bonchev–Trinajstić information content (AvgIpc) is 2.75. The van der Waals surface area contributed by atoms with Gasteiger partial charge in [-0.1, -0.05) is 71.9 Å². The predicted octanol–water partition coefficient (Wildman–Crippen LogP) is 8.00. The maximum atomic E-state index is 6.73. The van der Waals surface area contributed by atoms with Gasteiger partial charge in [0, 0.05) is 18.9 Å². The van der Waals surface area contributed by atoms with Crippen LogP contribution in [0.15, 0.2) is 30.3 Å². The average molecular weight is 513 g/mol. The standard InChI is InChI=1S/C27H48O3S2Si/c1-9-31-26(32-10-2)19-23-18-25(28-20-22-14-12-11-13-15-22)21(3)24(30-23)16-17-29-33(7,8)27(4,5)6/h11-15,21,23-26H,9-10,16-20H2,1-8H3/t21-,23-,24-,25-/m0/s1. The number of thioether (sulfide) groups is 2. The van der Waals surface area contributed by atoms with E-state index in [0.29, 0.717) is 17.1 Å². The van der Waals surface area contributed by atoms with E-state index >= 15 is 0 Å². The molecule has 33 heavy (non-hydrogen) atoms. The summed E-state index contributed by atoms with van der Waals surface area (Å²) in [5, 5.41) is 0.234. The highest BCUT2D eigenvalue weighted by Gasteiger charge is 2.40. The van der Waals surface area contributed by atoms with Crippen LogP contribution in [-0.4, -0.2) is 49.3 Å². The third-order valence-corrected chi connectivity index (χ3v) is 14.3. The minimum atomic E-state index is -1.75. The zero-order chi connectivity index (χ0) is 24.5. The summed E-state index contributed by atoms with van der Waals surface area (Å²) >= 11 is 4.11. The largest absolute Gasteiger partial charge is 0.417 e. The second kappa shape index (κ2) is 13.9. The Kier molecular flexibility index (Phi) is 12.3. The topological polar surface area (TPSA) is 27.7 Å². The molecule has 1 fully saturated rings. The van der Waals surface area contributed by atoms with Crippen LogP contribution in [0.3, 0.4) is 0 Å². The second-order valence-electron chi connectivity index (χ2n) is 10.7. The molecule has 0 unspecified atom stereocenters. The third kappa shape index (κ3) is 9.53. The lowest BCUT2D eigenvalue weighted by molar-refractivity contribution is -0.157. The molecule has 190 valence electrons. The third-order valence-electron chi connectivity index (χ3n) is 7.17. The number of hydrogen-bond donors (Lipinski definition) is 0. The molecule has 0 bridgehead atoms. The molecule has 0 amide bonds.